The van der Waals surface area contributed by atoms with Crippen molar-refractivity contribution < 1.29 is 11.3 Å². The van der Waals surface area contributed by atoms with Crippen LogP contribution in [-0.2, 0) is 4.79 Å². The van der Waals surface area contributed by atoms with Gasteiger partial charge in [0.2, 0.25) is 0 Å². The van der Waals surface area contributed by atoms with Gasteiger partial charge in [0.05, 0.1) is 0 Å². The highest BCUT2D eigenvalue weighted by Crippen LogP contribution is 1.93. The monoisotopic (exact) mass is 102 g/mol. The first kappa shape index (κ1) is 4.37. The molecule has 0 spiro atoms. The van der Waals surface area contributed by atoms with Gasteiger partial charge < -0.3 is 5.11 Å². The maximum absolute atomic E-state index is 9.91. The van der Waals surface area contributed by atoms with Gasteiger partial charge in [-0.25, -0.2) is 4.79 Å². The molecule has 0 aromatic carbocycles. The lowest BCUT2D eigenvalue weighted by Gasteiger charge is -1.87. The molecule has 0 bridgehead atoms. The smallest absolute Gasteiger partial charge is 0.330 e. The van der Waals surface area contributed by atoms with Crippen molar-refractivity contribution in [3.05, 3.63) is 12.2 Å². The average Bonchev–Trinajstić information content (AvgIpc) is 1.67. The lowest BCUT2D eigenvalue weighted by atomic mass is 10.2. The molecule has 7 heavy (non-hydrogen) atoms. The molecule has 0 aliphatic carbocycles. The topological polar surface area (TPSA) is 37.3 Å². The Labute approximate surface area is 43.9 Å². The molecule has 0 aromatic heterocycles. The Bertz CT molecular complexity index is 109. The van der Waals surface area contributed by atoms with Gasteiger partial charge in [0.25, 0.3) is 0 Å². The van der Waals surface area contributed by atoms with E-state index in [0.29, 0.717) is 0 Å². The highest BCUT2D eigenvalue weighted by Gasteiger charge is 1.96. The maximum atomic E-state index is 9.91. The molecule has 2 nitrogen and oxygen atoms in total. The molecule has 0 fully saturated rings. The molecule has 40 valence electrons. The zero-order chi connectivity index (χ0) is 6.57. The molecule has 0 unspecified atom stereocenters. The Balaban J connectivity index is 3.49. The Morgan fingerprint density at radius 1 is 2.14 bits per heavy atom. The van der Waals surface area contributed by atoms with Gasteiger partial charge in [-0.05, 0) is 6.42 Å². The molecule has 2 heteroatoms. The molecule has 0 aliphatic rings. The molecule has 0 atom stereocenters. The van der Waals surface area contributed by atoms with Crippen molar-refractivity contribution in [2.45, 2.75) is 13.3 Å². The Kier molecular flexibility index (Phi) is 1.50. The van der Waals surface area contributed by atoms with E-state index in [-0.39, 0.29) is 18.9 Å². The van der Waals surface area contributed by atoms with E-state index in [1.807, 2.05) is 0 Å². The molecule has 0 rings (SSSR count). The summed E-state index contributed by atoms with van der Waals surface area (Å²) in [6.07, 6.45) is 0.259. The number of rotatable bonds is 2. The summed E-state index contributed by atoms with van der Waals surface area (Å²) in [5, 5.41) is 8.13. The summed E-state index contributed by atoms with van der Waals surface area (Å²) in [7, 11) is 0. The summed E-state index contributed by atoms with van der Waals surface area (Å²) >= 11 is 0. The molecular formula is C5H8O2. The van der Waals surface area contributed by atoms with Crippen molar-refractivity contribution in [2.75, 3.05) is 0 Å². The van der Waals surface area contributed by atoms with Crippen molar-refractivity contribution >= 4 is 5.97 Å². The second-order valence-electron chi connectivity index (χ2n) is 1.16. The Morgan fingerprint density at radius 2 is 2.71 bits per heavy atom. The van der Waals surface area contributed by atoms with Crippen LogP contribution in [0.4, 0.5) is 0 Å². The van der Waals surface area contributed by atoms with Gasteiger partial charge in [0.1, 0.15) is 0 Å². The van der Waals surface area contributed by atoms with E-state index in [1.54, 1.807) is 0 Å². The van der Waals surface area contributed by atoms with E-state index in [2.05, 4.69) is 6.58 Å². The summed E-state index contributed by atoms with van der Waals surface area (Å²) in [6, 6.07) is 0. The minimum absolute atomic E-state index is 0.102. The van der Waals surface area contributed by atoms with E-state index < -0.39 is 5.97 Å². The third-order valence-electron chi connectivity index (χ3n) is 0.604. The van der Waals surface area contributed by atoms with Crippen LogP contribution in [0.1, 0.15) is 14.7 Å². The highest BCUT2D eigenvalue weighted by atomic mass is 16.4. The minimum Gasteiger partial charge on any atom is -0.478 e. The fourth-order valence-corrected chi connectivity index (χ4v) is 0.107. The molecular weight excluding hydrogens is 92.1 g/mol. The van der Waals surface area contributed by atoms with Crippen molar-refractivity contribution in [2.24, 2.45) is 0 Å². The SMILES string of the molecule is [3H]CCC(=C)C(=O)O. The Hall–Kier alpha value is -0.790. The third-order valence-corrected chi connectivity index (χ3v) is 0.604. The van der Waals surface area contributed by atoms with Crippen molar-refractivity contribution in [3.8, 4) is 0 Å². The first-order valence-electron chi connectivity index (χ1n) is 2.59. The normalized spacial score (nSPS) is 10.0. The number of carboxylic acid groups (broad SMARTS) is 1. The van der Waals surface area contributed by atoms with Crippen molar-refractivity contribution in [1.82, 2.24) is 0 Å². The summed E-state index contributed by atoms with van der Waals surface area (Å²) < 4.78 is 6.60. The fraction of sp³-hybridized carbons (Fsp3) is 0.400. The summed E-state index contributed by atoms with van der Waals surface area (Å²) in [6.45, 7) is 3.33. The highest BCUT2D eigenvalue weighted by molar-refractivity contribution is 5.85. The van der Waals surface area contributed by atoms with Gasteiger partial charge in [-0.2, -0.15) is 0 Å². The van der Waals surface area contributed by atoms with E-state index in [0.717, 1.165) is 0 Å². The predicted octanol–water partition coefficient (Wildman–Crippen LogP) is 1.04. The van der Waals surface area contributed by atoms with E-state index >= 15 is 0 Å². The first-order chi connectivity index (χ1) is 3.68. The summed E-state index contributed by atoms with van der Waals surface area (Å²) in [5.74, 6) is -1.00. The van der Waals surface area contributed by atoms with Crippen LogP contribution in [0, 0.1) is 0 Å². The molecule has 0 heterocycles. The number of aliphatic carboxylic acids is 1. The largest absolute Gasteiger partial charge is 0.478 e. The van der Waals surface area contributed by atoms with Gasteiger partial charge in [-0.15, -0.1) is 0 Å². The average molecular weight is 102 g/mol. The molecule has 0 radical (unpaired) electrons. The quantitative estimate of drug-likeness (QED) is 0.529. The molecule has 1 N–H and O–H groups in total. The van der Waals surface area contributed by atoms with Crippen molar-refractivity contribution in [1.29, 1.82) is 0 Å². The van der Waals surface area contributed by atoms with Crippen LogP contribution in [0.5, 0.6) is 0 Å². The molecule has 0 saturated heterocycles. The fourth-order valence-electron chi connectivity index (χ4n) is 0.107. The van der Waals surface area contributed by atoms with Crippen LogP contribution in [0.25, 0.3) is 0 Å². The molecule has 0 saturated carbocycles. The van der Waals surface area contributed by atoms with Gasteiger partial charge in [0.15, 0.2) is 0 Å². The zero-order valence-electron chi connectivity index (χ0n) is 4.98. The van der Waals surface area contributed by atoms with Crippen LogP contribution in [0.3, 0.4) is 0 Å². The van der Waals surface area contributed by atoms with Crippen LogP contribution < -0.4 is 0 Å². The first-order valence-corrected chi connectivity index (χ1v) is 1.88. The van der Waals surface area contributed by atoms with E-state index in [4.69, 9.17) is 6.48 Å². The van der Waals surface area contributed by atoms with Crippen LogP contribution >= 0.6 is 0 Å². The number of carbonyl (C=O) groups is 1. The lowest BCUT2D eigenvalue weighted by Crippen LogP contribution is -1.95. The van der Waals surface area contributed by atoms with E-state index in [9.17, 15) is 4.79 Å². The molecule has 0 aromatic rings. The predicted molar refractivity (Wildman–Crippen MR) is 27.1 cm³/mol. The van der Waals surface area contributed by atoms with Crippen molar-refractivity contribution in [3.63, 3.8) is 0 Å². The minimum atomic E-state index is -1.00. The van der Waals surface area contributed by atoms with E-state index in [1.165, 1.54) is 0 Å². The second-order valence-corrected chi connectivity index (χ2v) is 1.16. The number of hydrogen-bond acceptors (Lipinski definition) is 1. The maximum Gasteiger partial charge on any atom is 0.330 e. The second kappa shape index (κ2) is 2.39. The Morgan fingerprint density at radius 3 is 2.86 bits per heavy atom. The van der Waals surface area contributed by atoms with Crippen LogP contribution in [0.15, 0.2) is 12.2 Å². The van der Waals surface area contributed by atoms with Gasteiger partial charge in [-0.1, -0.05) is 13.5 Å². The van der Waals surface area contributed by atoms with Crippen LogP contribution in [-0.4, -0.2) is 11.1 Å². The number of hydrogen-bond donors (Lipinski definition) is 1. The summed E-state index contributed by atoms with van der Waals surface area (Å²) in [4.78, 5) is 9.91. The molecule has 0 aliphatic heterocycles. The lowest BCUT2D eigenvalue weighted by molar-refractivity contribution is -0.132. The van der Waals surface area contributed by atoms with Crippen LogP contribution in [0.2, 0.25) is 0 Å². The zero-order valence-corrected chi connectivity index (χ0v) is 3.98. The van der Waals surface area contributed by atoms with Gasteiger partial charge in [-0.3, -0.25) is 0 Å². The number of carboxylic acids is 1. The standard InChI is InChI=1S/C5H8O2/c1-3-4(2)5(6)7/h2-3H2,1H3,(H,6,7)/i1T. The van der Waals surface area contributed by atoms with Gasteiger partial charge >= 0.3 is 5.97 Å². The van der Waals surface area contributed by atoms with Gasteiger partial charge in [0, 0.05) is 6.94 Å². The summed E-state index contributed by atoms with van der Waals surface area (Å²) in [5.41, 5.74) is 0.111. The molecule has 0 amide bonds. The third kappa shape index (κ3) is 1.98.